The van der Waals surface area contributed by atoms with E-state index in [9.17, 15) is 15.0 Å². The molecule has 0 heterocycles. The molecule has 0 aliphatic rings. The van der Waals surface area contributed by atoms with Gasteiger partial charge in [-0.3, -0.25) is 0 Å². The van der Waals surface area contributed by atoms with Crippen molar-refractivity contribution in [1.82, 2.24) is 0 Å². The van der Waals surface area contributed by atoms with Gasteiger partial charge in [0.2, 0.25) is 0 Å². The summed E-state index contributed by atoms with van der Waals surface area (Å²) in [5.41, 5.74) is 5.79. The summed E-state index contributed by atoms with van der Waals surface area (Å²) in [6, 6.07) is 22.9. The molecule has 0 saturated carbocycles. The lowest BCUT2D eigenvalue weighted by atomic mass is 10.0. The maximum atomic E-state index is 11.0. The molecule has 6 heteroatoms. The lowest BCUT2D eigenvalue weighted by Gasteiger charge is -2.19. The number of quaternary nitrogens is 1. The first-order valence-electron chi connectivity index (χ1n) is 9.24. The van der Waals surface area contributed by atoms with Crippen LogP contribution in [0.4, 0.5) is 0 Å². The zero-order chi connectivity index (χ0) is 20.6. The van der Waals surface area contributed by atoms with Crippen molar-refractivity contribution in [2.45, 2.75) is 25.4 Å². The molecule has 6 nitrogen and oxygen atoms in total. The quantitative estimate of drug-likeness (QED) is 0.569. The summed E-state index contributed by atoms with van der Waals surface area (Å²) >= 11 is 0. The number of carbonyl (C=O) groups is 1. The molecule has 4 N–H and O–H groups in total. The molecule has 0 saturated heterocycles. The Hall–Kier alpha value is -3.35. The van der Waals surface area contributed by atoms with Crippen LogP contribution in [-0.4, -0.2) is 17.1 Å². The highest BCUT2D eigenvalue weighted by Crippen LogP contribution is 2.32. The van der Waals surface area contributed by atoms with Crippen molar-refractivity contribution in [2.75, 3.05) is 0 Å². The van der Waals surface area contributed by atoms with Crippen molar-refractivity contribution in [3.05, 3.63) is 95.6 Å². The topological polar surface area (TPSA) is 106 Å². The van der Waals surface area contributed by atoms with Crippen molar-refractivity contribution in [1.29, 1.82) is 0 Å². The first-order valence-corrected chi connectivity index (χ1v) is 9.24. The predicted octanol–water partition coefficient (Wildman–Crippen LogP) is 1.24. The first kappa shape index (κ1) is 20.4. The normalized spacial score (nSPS) is 12.8. The van der Waals surface area contributed by atoms with Crippen LogP contribution in [0.3, 0.4) is 0 Å². The van der Waals surface area contributed by atoms with Gasteiger partial charge < -0.3 is 30.2 Å². The van der Waals surface area contributed by atoms with Crippen molar-refractivity contribution in [3.63, 3.8) is 0 Å². The van der Waals surface area contributed by atoms with Crippen LogP contribution in [0.5, 0.6) is 11.5 Å². The second-order valence-electron chi connectivity index (χ2n) is 6.63. The summed E-state index contributed by atoms with van der Waals surface area (Å²) in [4.78, 5) is 11.0. The molecule has 0 radical (unpaired) electrons. The molecule has 0 fully saturated rings. The summed E-state index contributed by atoms with van der Waals surface area (Å²) in [6.45, 7) is 0.651. The van der Waals surface area contributed by atoms with Crippen LogP contribution in [0, 0.1) is 0 Å². The maximum Gasteiger partial charge on any atom is 0.162 e. The molecule has 3 aromatic carbocycles. The van der Waals surface area contributed by atoms with E-state index in [0.717, 1.165) is 11.1 Å². The number of rotatable bonds is 9. The van der Waals surface area contributed by atoms with Crippen molar-refractivity contribution >= 4 is 5.97 Å². The van der Waals surface area contributed by atoms with Crippen molar-refractivity contribution < 1.29 is 30.2 Å². The fourth-order valence-electron chi connectivity index (χ4n) is 2.77. The lowest BCUT2D eigenvalue weighted by Crippen LogP contribution is -2.70. The number of carboxylic acids is 1. The molecule has 0 aliphatic heterocycles. The minimum atomic E-state index is -1.42. The number of benzene rings is 3. The highest BCUT2D eigenvalue weighted by atomic mass is 16.5. The molecular formula is C23H23NO5. The van der Waals surface area contributed by atoms with E-state index in [-0.39, 0.29) is 0 Å². The zero-order valence-corrected chi connectivity index (χ0v) is 15.9. The Bertz CT molecular complexity index is 931. The Morgan fingerprint density at radius 2 is 1.38 bits per heavy atom. The number of hydrogen-bond donors (Lipinski definition) is 2. The van der Waals surface area contributed by atoms with E-state index >= 15 is 0 Å². The Morgan fingerprint density at radius 1 is 0.862 bits per heavy atom. The average molecular weight is 393 g/mol. The summed E-state index contributed by atoms with van der Waals surface area (Å²) in [7, 11) is 0. The molecule has 0 spiro atoms. The van der Waals surface area contributed by atoms with Crippen LogP contribution in [0.2, 0.25) is 0 Å². The highest BCUT2D eigenvalue weighted by Gasteiger charge is 2.23. The summed E-state index contributed by atoms with van der Waals surface area (Å²) in [6.07, 6.45) is -1.32. The average Bonchev–Trinajstić information content (AvgIpc) is 2.76. The van der Waals surface area contributed by atoms with Gasteiger partial charge in [0.1, 0.15) is 25.3 Å². The van der Waals surface area contributed by atoms with Gasteiger partial charge in [-0.25, -0.2) is 0 Å². The van der Waals surface area contributed by atoms with Gasteiger partial charge in [-0.2, -0.15) is 0 Å². The fraction of sp³-hybridized carbons (Fsp3) is 0.174. The van der Waals surface area contributed by atoms with E-state index < -0.39 is 18.1 Å². The van der Waals surface area contributed by atoms with Crippen LogP contribution in [0.1, 0.15) is 22.8 Å². The van der Waals surface area contributed by atoms with E-state index in [1.54, 1.807) is 18.2 Å². The largest absolute Gasteiger partial charge is 0.544 e. The third kappa shape index (κ3) is 5.57. The first-order chi connectivity index (χ1) is 14.0. The van der Waals surface area contributed by atoms with Gasteiger partial charge >= 0.3 is 0 Å². The van der Waals surface area contributed by atoms with E-state index in [2.05, 4.69) is 5.73 Å². The number of carboxylic acid groups (broad SMARTS) is 1. The van der Waals surface area contributed by atoms with Crippen molar-refractivity contribution in [3.8, 4) is 11.5 Å². The maximum absolute atomic E-state index is 11.0. The van der Waals surface area contributed by atoms with E-state index in [4.69, 9.17) is 9.47 Å². The molecule has 0 aromatic heterocycles. The van der Waals surface area contributed by atoms with Crippen LogP contribution in [0.25, 0.3) is 0 Å². The number of ether oxygens (including phenoxy) is 2. The smallest absolute Gasteiger partial charge is 0.162 e. The monoisotopic (exact) mass is 393 g/mol. The van der Waals surface area contributed by atoms with Gasteiger partial charge in [0, 0.05) is 0 Å². The Labute approximate surface area is 169 Å². The van der Waals surface area contributed by atoms with Gasteiger partial charge in [-0.15, -0.1) is 0 Å². The minimum Gasteiger partial charge on any atom is -0.544 e. The van der Waals surface area contributed by atoms with Gasteiger partial charge in [0.15, 0.2) is 17.5 Å². The summed E-state index contributed by atoms with van der Waals surface area (Å²) in [5, 5.41) is 21.3. The zero-order valence-electron chi connectivity index (χ0n) is 15.9. The molecule has 2 atom stereocenters. The second kappa shape index (κ2) is 9.73. The van der Waals surface area contributed by atoms with E-state index in [1.165, 1.54) is 0 Å². The molecule has 3 rings (SSSR count). The van der Waals surface area contributed by atoms with Gasteiger partial charge in [0.05, 0.1) is 0 Å². The second-order valence-corrected chi connectivity index (χ2v) is 6.63. The number of carbonyl (C=O) groups excluding carboxylic acids is 1. The number of aliphatic carboxylic acids is 1. The molecule has 0 aliphatic carbocycles. The molecule has 0 bridgehead atoms. The van der Waals surface area contributed by atoms with Crippen LogP contribution < -0.4 is 20.3 Å². The predicted molar refractivity (Wildman–Crippen MR) is 105 cm³/mol. The molecule has 150 valence electrons. The van der Waals surface area contributed by atoms with Crippen LogP contribution in [-0.2, 0) is 18.0 Å². The SMILES string of the molecule is [NH3+][C@H](C(=O)[O-])[C@@H](O)c1ccc(OCc2ccccc2)c(OCc2ccccc2)c1. The fourth-order valence-corrected chi connectivity index (χ4v) is 2.77. The van der Waals surface area contributed by atoms with Gasteiger partial charge in [-0.05, 0) is 28.8 Å². The van der Waals surface area contributed by atoms with Crippen LogP contribution in [0.15, 0.2) is 78.9 Å². The molecule has 3 aromatic rings. The van der Waals surface area contributed by atoms with Crippen molar-refractivity contribution in [2.24, 2.45) is 0 Å². The standard InChI is InChI=1S/C23H23NO5/c24-21(23(26)27)22(25)18-11-12-19(28-14-16-7-3-1-4-8-16)20(13-18)29-15-17-9-5-2-6-10-17/h1-13,21-22,25H,14-15,24H2,(H,26,27)/t21-,22-/m0/s1. The molecule has 0 unspecified atom stereocenters. The van der Waals surface area contributed by atoms with Gasteiger partial charge in [0.25, 0.3) is 0 Å². The Morgan fingerprint density at radius 3 is 1.90 bits per heavy atom. The van der Waals surface area contributed by atoms with Gasteiger partial charge in [-0.1, -0.05) is 66.7 Å². The Balaban J connectivity index is 1.82. The minimum absolute atomic E-state index is 0.302. The summed E-state index contributed by atoms with van der Waals surface area (Å²) in [5.74, 6) is -0.518. The number of aliphatic hydroxyl groups excluding tert-OH is 1. The van der Waals surface area contributed by atoms with Crippen LogP contribution >= 0.6 is 0 Å². The Kier molecular flexibility index (Phi) is 6.84. The summed E-state index contributed by atoms with van der Waals surface area (Å²) < 4.78 is 11.8. The third-order valence-electron chi connectivity index (χ3n) is 4.47. The molecule has 0 amide bonds. The molecule has 29 heavy (non-hydrogen) atoms. The number of aliphatic hydroxyl groups is 1. The third-order valence-corrected chi connectivity index (χ3v) is 4.47. The lowest BCUT2D eigenvalue weighted by molar-refractivity contribution is -0.452. The highest BCUT2D eigenvalue weighted by molar-refractivity contribution is 5.70. The molecular weight excluding hydrogens is 370 g/mol. The van der Waals surface area contributed by atoms with E-state index in [0.29, 0.717) is 30.3 Å². The number of hydrogen-bond acceptors (Lipinski definition) is 5. The van der Waals surface area contributed by atoms with E-state index in [1.807, 2.05) is 60.7 Å².